The molecule has 4 N–H and O–H groups in total. The standard InChI is InChI=1S/C15H12ClN3O2.C7H15N.ClH/c1-19-6-5-11-13(19)12(15(20)21)8-17-14(11)18-10-4-2-3-9(16)7-10;8-6-7-4-2-1-3-5-7;/h2-8H,1H3,(H,17,18)(H,20,21);7H,1-6,8H2;1H. The van der Waals surface area contributed by atoms with Crippen LogP contribution in [0, 0.1) is 5.92 Å². The number of hydrogen-bond acceptors (Lipinski definition) is 4. The average molecular weight is 451 g/mol. The molecule has 0 atom stereocenters. The van der Waals surface area contributed by atoms with Gasteiger partial charge in [0, 0.05) is 35.5 Å². The molecule has 0 aliphatic heterocycles. The number of pyridine rings is 1. The van der Waals surface area contributed by atoms with E-state index in [2.05, 4.69) is 10.3 Å². The van der Waals surface area contributed by atoms with Crippen LogP contribution in [0.4, 0.5) is 11.5 Å². The molecular formula is C22H28Cl2N4O2. The van der Waals surface area contributed by atoms with Crippen LogP contribution in [0.25, 0.3) is 10.9 Å². The Labute approximate surface area is 187 Å². The summed E-state index contributed by atoms with van der Waals surface area (Å²) in [5.41, 5.74) is 7.10. The number of aryl methyl sites for hydroxylation is 1. The Morgan fingerprint density at radius 3 is 2.63 bits per heavy atom. The lowest BCUT2D eigenvalue weighted by atomic mass is 9.90. The van der Waals surface area contributed by atoms with Crippen molar-refractivity contribution in [2.45, 2.75) is 32.1 Å². The van der Waals surface area contributed by atoms with Crippen molar-refractivity contribution in [2.24, 2.45) is 18.7 Å². The SMILES string of the molecule is Cl.Cn1ccc2c(Nc3cccc(Cl)c3)ncc(C(=O)O)c21.NCC1CCCCC1. The van der Waals surface area contributed by atoms with Crippen LogP contribution in [0.2, 0.25) is 5.02 Å². The number of rotatable bonds is 4. The minimum absolute atomic E-state index is 0. The number of benzene rings is 1. The molecule has 2 aromatic heterocycles. The van der Waals surface area contributed by atoms with Gasteiger partial charge in [0.1, 0.15) is 11.4 Å². The molecule has 6 nitrogen and oxygen atoms in total. The first-order valence-electron chi connectivity index (χ1n) is 9.89. The number of nitrogens with one attached hydrogen (secondary N) is 1. The first kappa shape index (κ1) is 24.0. The zero-order chi connectivity index (χ0) is 20.8. The van der Waals surface area contributed by atoms with E-state index >= 15 is 0 Å². The Morgan fingerprint density at radius 1 is 1.30 bits per heavy atom. The van der Waals surface area contributed by atoms with Crippen molar-refractivity contribution in [3.8, 4) is 0 Å². The van der Waals surface area contributed by atoms with Crippen LogP contribution < -0.4 is 11.1 Å². The molecule has 1 aromatic carbocycles. The van der Waals surface area contributed by atoms with Crippen LogP contribution in [0.5, 0.6) is 0 Å². The van der Waals surface area contributed by atoms with Gasteiger partial charge >= 0.3 is 5.97 Å². The van der Waals surface area contributed by atoms with Gasteiger partial charge in [-0.3, -0.25) is 0 Å². The molecule has 0 amide bonds. The van der Waals surface area contributed by atoms with Gasteiger partial charge in [0.15, 0.2) is 0 Å². The van der Waals surface area contributed by atoms with Gasteiger partial charge in [-0.1, -0.05) is 36.9 Å². The lowest BCUT2D eigenvalue weighted by molar-refractivity contribution is 0.0698. The highest BCUT2D eigenvalue weighted by Crippen LogP contribution is 2.28. The Balaban J connectivity index is 0.000000302. The number of aromatic nitrogens is 2. The Morgan fingerprint density at radius 2 is 2.03 bits per heavy atom. The number of hydrogen-bond donors (Lipinski definition) is 3. The van der Waals surface area contributed by atoms with Gasteiger partial charge in [-0.2, -0.15) is 0 Å². The highest BCUT2D eigenvalue weighted by atomic mass is 35.5. The number of fused-ring (bicyclic) bond motifs is 1. The molecule has 0 radical (unpaired) electrons. The summed E-state index contributed by atoms with van der Waals surface area (Å²) in [6.45, 7) is 0.917. The number of nitrogens with two attached hydrogens (primary N) is 1. The molecule has 4 rings (SSSR count). The number of anilines is 2. The molecule has 1 aliphatic carbocycles. The van der Waals surface area contributed by atoms with Crippen LogP contribution in [0.1, 0.15) is 42.5 Å². The highest BCUT2D eigenvalue weighted by molar-refractivity contribution is 6.30. The number of carboxylic acids is 1. The maximum absolute atomic E-state index is 11.3. The number of halogens is 2. The third kappa shape index (κ3) is 5.88. The van der Waals surface area contributed by atoms with E-state index in [-0.39, 0.29) is 18.0 Å². The number of carbonyl (C=O) groups is 1. The summed E-state index contributed by atoms with van der Waals surface area (Å²) in [6, 6.07) is 9.10. The van der Waals surface area contributed by atoms with Gasteiger partial charge in [-0.15, -0.1) is 12.4 Å². The fourth-order valence-corrected chi connectivity index (χ4v) is 3.89. The average Bonchev–Trinajstić information content (AvgIpc) is 3.11. The maximum Gasteiger partial charge on any atom is 0.339 e. The zero-order valence-corrected chi connectivity index (χ0v) is 18.5. The molecule has 1 saturated carbocycles. The van der Waals surface area contributed by atoms with Gasteiger partial charge in [-0.05, 0) is 49.6 Å². The second-order valence-corrected chi connectivity index (χ2v) is 7.83. The van der Waals surface area contributed by atoms with Crippen LogP contribution in [0.3, 0.4) is 0 Å². The third-order valence-electron chi connectivity index (χ3n) is 5.28. The summed E-state index contributed by atoms with van der Waals surface area (Å²) in [4.78, 5) is 15.5. The molecule has 2 heterocycles. The molecule has 8 heteroatoms. The highest BCUT2D eigenvalue weighted by Gasteiger charge is 2.15. The molecule has 162 valence electrons. The van der Waals surface area contributed by atoms with Crippen molar-refractivity contribution < 1.29 is 9.90 Å². The monoisotopic (exact) mass is 450 g/mol. The molecule has 0 saturated heterocycles. The van der Waals surface area contributed by atoms with E-state index in [4.69, 9.17) is 17.3 Å². The van der Waals surface area contributed by atoms with Crippen molar-refractivity contribution in [2.75, 3.05) is 11.9 Å². The van der Waals surface area contributed by atoms with Gasteiger partial charge < -0.3 is 20.7 Å². The molecule has 1 aliphatic rings. The van der Waals surface area contributed by atoms with E-state index in [0.717, 1.165) is 23.5 Å². The van der Waals surface area contributed by atoms with Gasteiger partial charge in [0.2, 0.25) is 0 Å². The number of carboxylic acid groups (broad SMARTS) is 1. The lowest BCUT2D eigenvalue weighted by Gasteiger charge is -2.18. The predicted octanol–water partition coefficient (Wildman–Crippen LogP) is 5.62. The summed E-state index contributed by atoms with van der Waals surface area (Å²) in [7, 11) is 1.80. The van der Waals surface area contributed by atoms with Crippen molar-refractivity contribution in [3.05, 3.63) is 53.3 Å². The second kappa shape index (κ2) is 11.2. The van der Waals surface area contributed by atoms with Crippen LogP contribution >= 0.6 is 24.0 Å². The van der Waals surface area contributed by atoms with E-state index in [1.165, 1.54) is 38.3 Å². The minimum atomic E-state index is -0.997. The molecule has 0 unspecified atom stereocenters. The summed E-state index contributed by atoms with van der Waals surface area (Å²) < 4.78 is 1.77. The first-order valence-corrected chi connectivity index (χ1v) is 10.3. The molecular weight excluding hydrogens is 423 g/mol. The van der Waals surface area contributed by atoms with Crippen molar-refractivity contribution in [1.29, 1.82) is 0 Å². The summed E-state index contributed by atoms with van der Waals surface area (Å²) in [5, 5.41) is 13.8. The van der Waals surface area contributed by atoms with Crippen molar-refractivity contribution >= 4 is 52.4 Å². The van der Waals surface area contributed by atoms with E-state index in [1.54, 1.807) is 23.7 Å². The van der Waals surface area contributed by atoms with Gasteiger partial charge in [0.05, 0.1) is 5.52 Å². The van der Waals surface area contributed by atoms with Gasteiger partial charge in [0.25, 0.3) is 0 Å². The van der Waals surface area contributed by atoms with E-state index < -0.39 is 5.97 Å². The van der Waals surface area contributed by atoms with E-state index in [1.807, 2.05) is 24.4 Å². The molecule has 1 fully saturated rings. The van der Waals surface area contributed by atoms with Gasteiger partial charge in [-0.25, -0.2) is 9.78 Å². The summed E-state index contributed by atoms with van der Waals surface area (Å²) >= 11 is 5.96. The summed E-state index contributed by atoms with van der Waals surface area (Å²) in [5.74, 6) is 0.463. The fourth-order valence-electron chi connectivity index (χ4n) is 3.70. The Kier molecular flexibility index (Phi) is 8.96. The molecule has 0 spiro atoms. The second-order valence-electron chi connectivity index (χ2n) is 7.39. The van der Waals surface area contributed by atoms with E-state index in [0.29, 0.717) is 16.4 Å². The number of aromatic carboxylic acids is 1. The largest absolute Gasteiger partial charge is 0.478 e. The smallest absolute Gasteiger partial charge is 0.339 e. The predicted molar refractivity (Wildman–Crippen MR) is 125 cm³/mol. The molecule has 3 aromatic rings. The third-order valence-corrected chi connectivity index (χ3v) is 5.52. The fraction of sp³-hybridized carbons (Fsp3) is 0.364. The Bertz CT molecular complexity index is 984. The van der Waals surface area contributed by atoms with Crippen LogP contribution in [0.15, 0.2) is 42.7 Å². The Hall–Kier alpha value is -2.28. The first-order chi connectivity index (χ1) is 14.0. The molecule has 0 bridgehead atoms. The molecule has 30 heavy (non-hydrogen) atoms. The lowest BCUT2D eigenvalue weighted by Crippen LogP contribution is -2.16. The van der Waals surface area contributed by atoms with Crippen LogP contribution in [-0.2, 0) is 7.05 Å². The van der Waals surface area contributed by atoms with Crippen LogP contribution in [-0.4, -0.2) is 27.2 Å². The quantitative estimate of drug-likeness (QED) is 0.479. The van der Waals surface area contributed by atoms with Crippen molar-refractivity contribution in [3.63, 3.8) is 0 Å². The number of nitrogens with zero attached hydrogens (tertiary/aromatic N) is 2. The maximum atomic E-state index is 11.3. The normalized spacial score (nSPS) is 13.8. The van der Waals surface area contributed by atoms with Crippen molar-refractivity contribution in [1.82, 2.24) is 9.55 Å². The van der Waals surface area contributed by atoms with E-state index in [9.17, 15) is 9.90 Å². The minimum Gasteiger partial charge on any atom is -0.478 e. The zero-order valence-electron chi connectivity index (χ0n) is 17.0. The topological polar surface area (TPSA) is 93.2 Å². The summed E-state index contributed by atoms with van der Waals surface area (Å²) in [6.07, 6.45) is 10.2.